The van der Waals surface area contributed by atoms with Gasteiger partial charge in [0.25, 0.3) is 0 Å². The second-order valence-corrected chi connectivity index (χ2v) is 6.49. The second kappa shape index (κ2) is 6.47. The third kappa shape index (κ3) is 3.81. The standard InChI is InChI=1S/C9H21BCl3N/c1-4-7-14(8-5-2,9-6-3)10(11,12)13/h4-9H2,1-3H3. The Morgan fingerprint density at radius 3 is 1.21 bits per heavy atom. The number of rotatable bonds is 7. The summed E-state index contributed by atoms with van der Waals surface area (Å²) in [5, 5.41) is 0. The molecule has 1 nitrogen and oxygen atoms in total. The Morgan fingerprint density at radius 1 is 0.786 bits per heavy atom. The molecular formula is C9H21BCl3N. The highest BCUT2D eigenvalue weighted by Gasteiger charge is 2.40. The maximum atomic E-state index is 6.16. The SMILES string of the molecule is CCC[N+](CCC)(CCC)[B-](Cl)(Cl)Cl. The largest absolute Gasteiger partial charge is 0.474 e. The van der Waals surface area contributed by atoms with Crippen molar-refractivity contribution in [3.8, 4) is 0 Å². The van der Waals surface area contributed by atoms with Gasteiger partial charge in [0.2, 0.25) is 0 Å². The topological polar surface area (TPSA) is 0 Å². The van der Waals surface area contributed by atoms with Crippen LogP contribution >= 0.6 is 34.4 Å². The minimum Gasteiger partial charge on any atom is -0.474 e. The van der Waals surface area contributed by atoms with Crippen molar-refractivity contribution < 1.29 is 4.39 Å². The molecule has 0 heterocycles. The van der Waals surface area contributed by atoms with Crippen molar-refractivity contribution in [3.05, 3.63) is 0 Å². The molecule has 0 atom stereocenters. The first-order chi connectivity index (χ1) is 6.43. The van der Waals surface area contributed by atoms with E-state index >= 15 is 0 Å². The van der Waals surface area contributed by atoms with E-state index in [0.717, 1.165) is 38.9 Å². The molecule has 0 aliphatic heterocycles. The molecule has 0 saturated heterocycles. The maximum Gasteiger partial charge on any atom is 0.462 e. The first-order valence-corrected chi connectivity index (χ1v) is 6.79. The Bertz CT molecular complexity index is 142. The summed E-state index contributed by atoms with van der Waals surface area (Å²) in [5.74, 6) is 0. The molecule has 0 spiro atoms. The first-order valence-electron chi connectivity index (χ1n) is 5.48. The van der Waals surface area contributed by atoms with Gasteiger partial charge in [-0.3, -0.25) is 34.4 Å². The van der Waals surface area contributed by atoms with Gasteiger partial charge in [-0.2, -0.15) is 0 Å². The highest BCUT2D eigenvalue weighted by Crippen LogP contribution is 2.34. The molecule has 0 fully saturated rings. The highest BCUT2D eigenvalue weighted by molar-refractivity contribution is 7.61. The van der Waals surface area contributed by atoms with Gasteiger partial charge in [0, 0.05) is 19.6 Å². The maximum absolute atomic E-state index is 6.16. The molecule has 0 aliphatic rings. The monoisotopic (exact) mass is 259 g/mol. The predicted octanol–water partition coefficient (Wildman–Crippen LogP) is 4.19. The van der Waals surface area contributed by atoms with Gasteiger partial charge in [-0.15, -0.1) is 0 Å². The van der Waals surface area contributed by atoms with E-state index in [1.54, 1.807) is 0 Å². The van der Waals surface area contributed by atoms with Gasteiger partial charge in [-0.1, -0.05) is 20.8 Å². The van der Waals surface area contributed by atoms with Crippen LogP contribution in [0.1, 0.15) is 40.0 Å². The van der Waals surface area contributed by atoms with E-state index in [-0.39, 0.29) is 0 Å². The Labute approximate surface area is 103 Å². The van der Waals surface area contributed by atoms with Crippen molar-refractivity contribution in [2.75, 3.05) is 19.6 Å². The molecule has 0 aliphatic carbocycles. The summed E-state index contributed by atoms with van der Waals surface area (Å²) in [4.78, 5) is 0. The summed E-state index contributed by atoms with van der Waals surface area (Å²) in [7, 11) is 0. The van der Waals surface area contributed by atoms with E-state index in [2.05, 4.69) is 20.8 Å². The Morgan fingerprint density at radius 2 is 1.07 bits per heavy atom. The third-order valence-electron chi connectivity index (χ3n) is 2.63. The zero-order valence-corrected chi connectivity index (χ0v) is 11.7. The van der Waals surface area contributed by atoms with Crippen LogP contribution in [-0.2, 0) is 0 Å². The normalized spacial score (nSPS) is 13.3. The Kier molecular flexibility index (Phi) is 6.89. The van der Waals surface area contributed by atoms with Gasteiger partial charge in [0.05, 0.1) is 0 Å². The third-order valence-corrected chi connectivity index (χ3v) is 3.87. The molecule has 0 unspecified atom stereocenters. The van der Waals surface area contributed by atoms with Crippen LogP contribution in [0, 0.1) is 0 Å². The quantitative estimate of drug-likeness (QED) is 0.602. The van der Waals surface area contributed by atoms with Gasteiger partial charge in [0.1, 0.15) is 0 Å². The van der Waals surface area contributed by atoms with Crippen LogP contribution in [0.4, 0.5) is 0 Å². The lowest BCUT2D eigenvalue weighted by Gasteiger charge is -2.52. The fourth-order valence-electron chi connectivity index (χ4n) is 2.11. The Balaban J connectivity index is 4.73. The van der Waals surface area contributed by atoms with E-state index in [9.17, 15) is 0 Å². The molecular weight excluding hydrogens is 239 g/mol. The molecule has 14 heavy (non-hydrogen) atoms. The molecule has 0 radical (unpaired) electrons. The van der Waals surface area contributed by atoms with Crippen molar-refractivity contribution in [1.29, 1.82) is 0 Å². The summed E-state index contributed by atoms with van der Waals surface area (Å²) in [5.41, 5.74) is 0. The molecule has 0 amide bonds. The molecule has 5 heteroatoms. The highest BCUT2D eigenvalue weighted by atomic mass is 35.6. The van der Waals surface area contributed by atoms with Crippen molar-refractivity contribution in [2.45, 2.75) is 40.0 Å². The molecule has 0 aromatic heterocycles. The second-order valence-electron chi connectivity index (χ2n) is 3.93. The van der Waals surface area contributed by atoms with Crippen LogP contribution in [0.25, 0.3) is 0 Å². The van der Waals surface area contributed by atoms with Crippen LogP contribution in [0.3, 0.4) is 0 Å². The molecule has 0 saturated carbocycles. The van der Waals surface area contributed by atoms with Crippen LogP contribution in [0.2, 0.25) is 0 Å². The number of nitrogens with zero attached hydrogens (tertiary/aromatic N) is 1. The van der Waals surface area contributed by atoms with Gasteiger partial charge in [-0.05, 0) is 19.3 Å². The van der Waals surface area contributed by atoms with Gasteiger partial charge < -0.3 is 4.39 Å². The number of quaternary nitrogens is 1. The summed E-state index contributed by atoms with van der Waals surface area (Å²) < 4.78 is -1.18. The van der Waals surface area contributed by atoms with E-state index in [1.807, 2.05) is 0 Å². The molecule has 0 aromatic carbocycles. The van der Waals surface area contributed by atoms with Crippen LogP contribution in [0.15, 0.2) is 0 Å². The zero-order chi connectivity index (χ0) is 11.2. The van der Waals surface area contributed by atoms with Crippen molar-refractivity contribution in [1.82, 2.24) is 0 Å². The number of hydrogen-bond acceptors (Lipinski definition) is 0. The lowest BCUT2D eigenvalue weighted by Crippen LogP contribution is -2.61. The predicted molar refractivity (Wildman–Crippen MR) is 69.0 cm³/mol. The fraction of sp³-hybridized carbons (Fsp3) is 1.00. The molecule has 0 bridgehead atoms. The summed E-state index contributed by atoms with van der Waals surface area (Å²) in [6.07, 6.45) is 3.20. The summed E-state index contributed by atoms with van der Waals surface area (Å²) in [6, 6.07) is 0. The van der Waals surface area contributed by atoms with Crippen molar-refractivity contribution in [3.63, 3.8) is 0 Å². The first kappa shape index (κ1) is 14.9. The molecule has 0 rings (SSSR count). The van der Waals surface area contributed by atoms with Crippen LogP contribution in [-0.4, -0.2) is 28.6 Å². The zero-order valence-electron chi connectivity index (χ0n) is 9.40. The average Bonchev–Trinajstić information content (AvgIpc) is 2.03. The Hall–Kier alpha value is 0.895. The number of hydrogen-bond donors (Lipinski definition) is 0. The molecule has 86 valence electrons. The lowest BCUT2D eigenvalue weighted by molar-refractivity contribution is -0.825. The summed E-state index contributed by atoms with van der Waals surface area (Å²) >= 11 is 18.5. The summed E-state index contributed by atoms with van der Waals surface area (Å²) in [6.45, 7) is 9.34. The van der Waals surface area contributed by atoms with Gasteiger partial charge in [0.15, 0.2) is 0 Å². The van der Waals surface area contributed by atoms with Crippen molar-refractivity contribution in [2.24, 2.45) is 0 Å². The molecule has 0 aromatic rings. The van der Waals surface area contributed by atoms with Gasteiger partial charge >= 0.3 is 4.53 Å². The number of halogens is 3. The average molecular weight is 260 g/mol. The lowest BCUT2D eigenvalue weighted by atomic mass is 10.1. The van der Waals surface area contributed by atoms with E-state index in [0.29, 0.717) is 4.39 Å². The minimum atomic E-state index is -1.84. The smallest absolute Gasteiger partial charge is 0.462 e. The van der Waals surface area contributed by atoms with Crippen LogP contribution in [0.5, 0.6) is 0 Å². The fourth-order valence-corrected chi connectivity index (χ4v) is 2.99. The van der Waals surface area contributed by atoms with E-state index in [4.69, 9.17) is 34.4 Å². The van der Waals surface area contributed by atoms with Gasteiger partial charge in [-0.25, -0.2) is 0 Å². The van der Waals surface area contributed by atoms with Crippen LogP contribution < -0.4 is 0 Å². The minimum absolute atomic E-state index is 0.661. The van der Waals surface area contributed by atoms with E-state index in [1.165, 1.54) is 0 Å². The van der Waals surface area contributed by atoms with Crippen molar-refractivity contribution >= 4 is 38.9 Å². The molecule has 0 N–H and O–H groups in total. The van der Waals surface area contributed by atoms with E-state index < -0.39 is 4.53 Å².